The molecule has 0 aromatic carbocycles. The lowest BCUT2D eigenvalue weighted by molar-refractivity contribution is 0.0697. The smallest absolute Gasteiger partial charge is 0.335 e. The third-order valence-electron chi connectivity index (χ3n) is 1.48. The van der Waals surface area contributed by atoms with Crippen LogP contribution in [0, 0.1) is 0 Å². The molecule has 0 aliphatic carbocycles. The van der Waals surface area contributed by atoms with Gasteiger partial charge in [-0.2, -0.15) is 0 Å². The van der Waals surface area contributed by atoms with Crippen molar-refractivity contribution in [3.63, 3.8) is 0 Å². The van der Waals surface area contributed by atoms with E-state index in [0.29, 0.717) is 0 Å². The van der Waals surface area contributed by atoms with Gasteiger partial charge < -0.3 is 10.4 Å². The number of rotatable bonds is 4. The summed E-state index contributed by atoms with van der Waals surface area (Å²) < 4.78 is 23.7. The topological polar surface area (TPSA) is 62.2 Å². The van der Waals surface area contributed by atoms with Crippen LogP contribution in [0.1, 0.15) is 10.4 Å². The number of halogens is 3. The van der Waals surface area contributed by atoms with E-state index in [2.05, 4.69) is 10.3 Å². The van der Waals surface area contributed by atoms with Gasteiger partial charge in [0.2, 0.25) is 0 Å². The normalized spacial score (nSPS) is 10.4. The highest BCUT2D eigenvalue weighted by Crippen LogP contribution is 2.14. The third kappa shape index (κ3) is 3.67. The summed E-state index contributed by atoms with van der Waals surface area (Å²) in [4.78, 5) is 14.2. The molecule has 0 atom stereocenters. The highest BCUT2D eigenvalue weighted by Gasteiger charge is 2.08. The molecule has 1 aromatic rings. The molecule has 0 aliphatic rings. The molecule has 82 valence electrons. The van der Waals surface area contributed by atoms with Crippen LogP contribution in [0.3, 0.4) is 0 Å². The molecule has 0 spiro atoms. The van der Waals surface area contributed by atoms with Crippen molar-refractivity contribution in [3.8, 4) is 0 Å². The molecule has 0 fully saturated rings. The van der Waals surface area contributed by atoms with Crippen LogP contribution < -0.4 is 5.32 Å². The Morgan fingerprint density at radius 3 is 2.80 bits per heavy atom. The number of nitrogens with one attached hydrogen (secondary N) is 1. The lowest BCUT2D eigenvalue weighted by Crippen LogP contribution is -2.12. The Labute approximate surface area is 88.9 Å². The van der Waals surface area contributed by atoms with Gasteiger partial charge in [0.1, 0.15) is 11.0 Å². The van der Waals surface area contributed by atoms with Gasteiger partial charge in [0.15, 0.2) is 0 Å². The first-order chi connectivity index (χ1) is 6.99. The summed E-state index contributed by atoms with van der Waals surface area (Å²) in [6.45, 7) is -0.605. The van der Waals surface area contributed by atoms with Crippen LogP contribution >= 0.6 is 11.6 Å². The van der Waals surface area contributed by atoms with Crippen molar-refractivity contribution in [2.24, 2.45) is 0 Å². The molecule has 0 amide bonds. The van der Waals surface area contributed by atoms with Gasteiger partial charge >= 0.3 is 5.97 Å². The third-order valence-corrected chi connectivity index (χ3v) is 1.67. The predicted octanol–water partition coefficient (Wildman–Crippen LogP) is 2.11. The van der Waals surface area contributed by atoms with Gasteiger partial charge in [0.25, 0.3) is 6.43 Å². The van der Waals surface area contributed by atoms with Gasteiger partial charge in [-0.3, -0.25) is 0 Å². The number of carboxylic acids is 1. The zero-order valence-electron chi connectivity index (χ0n) is 7.38. The highest BCUT2D eigenvalue weighted by atomic mass is 35.5. The van der Waals surface area contributed by atoms with E-state index >= 15 is 0 Å². The number of anilines is 1. The molecule has 4 nitrogen and oxygen atoms in total. The molecule has 7 heteroatoms. The van der Waals surface area contributed by atoms with E-state index < -0.39 is 18.9 Å². The van der Waals surface area contributed by atoms with Crippen LogP contribution in [0.5, 0.6) is 0 Å². The zero-order chi connectivity index (χ0) is 11.4. The zero-order valence-corrected chi connectivity index (χ0v) is 8.13. The largest absolute Gasteiger partial charge is 0.478 e. The Kier molecular flexibility index (Phi) is 3.79. The van der Waals surface area contributed by atoms with Crippen molar-refractivity contribution < 1.29 is 18.7 Å². The molecule has 1 heterocycles. The minimum atomic E-state index is -2.54. The van der Waals surface area contributed by atoms with Crippen molar-refractivity contribution >= 4 is 23.4 Å². The van der Waals surface area contributed by atoms with E-state index in [1.807, 2.05) is 0 Å². The van der Waals surface area contributed by atoms with Gasteiger partial charge in [-0.1, -0.05) is 11.6 Å². The second-order valence-corrected chi connectivity index (χ2v) is 3.03. The predicted molar refractivity (Wildman–Crippen MR) is 50.7 cm³/mol. The maximum absolute atomic E-state index is 11.8. The fourth-order valence-corrected chi connectivity index (χ4v) is 1.10. The van der Waals surface area contributed by atoms with Gasteiger partial charge in [-0.15, -0.1) is 0 Å². The number of aromatic nitrogens is 1. The van der Waals surface area contributed by atoms with E-state index in [-0.39, 0.29) is 16.5 Å². The molecule has 1 rings (SSSR count). The molecule has 0 bridgehead atoms. The Hall–Kier alpha value is -1.43. The average molecular weight is 237 g/mol. The van der Waals surface area contributed by atoms with E-state index in [0.717, 1.165) is 12.1 Å². The fraction of sp³-hybridized carbons (Fsp3) is 0.250. The maximum atomic E-state index is 11.8. The summed E-state index contributed by atoms with van der Waals surface area (Å²) in [6, 6.07) is 2.27. The van der Waals surface area contributed by atoms with Gasteiger partial charge in [-0.25, -0.2) is 18.6 Å². The van der Waals surface area contributed by atoms with Crippen molar-refractivity contribution in [2.75, 3.05) is 11.9 Å². The Balaban J connectivity index is 2.84. The molecule has 0 unspecified atom stereocenters. The number of pyridine rings is 1. The quantitative estimate of drug-likeness (QED) is 0.786. The van der Waals surface area contributed by atoms with E-state index in [9.17, 15) is 13.6 Å². The van der Waals surface area contributed by atoms with Crippen LogP contribution in [-0.4, -0.2) is 29.0 Å². The number of carbonyl (C=O) groups is 1. The molecule has 0 saturated heterocycles. The lowest BCUT2D eigenvalue weighted by Gasteiger charge is -2.05. The first-order valence-electron chi connectivity index (χ1n) is 3.92. The van der Waals surface area contributed by atoms with E-state index in [1.165, 1.54) is 0 Å². The summed E-state index contributed by atoms with van der Waals surface area (Å²) in [5, 5.41) is 10.9. The molecular weight excluding hydrogens is 230 g/mol. The van der Waals surface area contributed by atoms with Gasteiger partial charge in [-0.05, 0) is 12.1 Å². The Morgan fingerprint density at radius 1 is 1.60 bits per heavy atom. The number of hydrogen-bond acceptors (Lipinski definition) is 3. The lowest BCUT2D eigenvalue weighted by atomic mass is 10.2. The van der Waals surface area contributed by atoms with Crippen LogP contribution in [-0.2, 0) is 0 Å². The first kappa shape index (κ1) is 11.6. The van der Waals surface area contributed by atoms with Gasteiger partial charge in [0.05, 0.1) is 12.1 Å². The van der Waals surface area contributed by atoms with Crippen LogP contribution in [0.2, 0.25) is 5.15 Å². The number of hydrogen-bond donors (Lipinski definition) is 2. The number of aromatic carboxylic acids is 1. The number of alkyl halides is 2. The monoisotopic (exact) mass is 236 g/mol. The van der Waals surface area contributed by atoms with E-state index in [4.69, 9.17) is 16.7 Å². The summed E-state index contributed by atoms with van der Waals surface area (Å²) in [6.07, 6.45) is -2.54. The standard InChI is InChI=1S/C8H7ClF2N2O2/c9-5-1-4(8(14)15)2-7(13-5)12-3-6(10)11/h1-2,6H,3H2,(H,12,13)(H,14,15). The van der Waals surface area contributed by atoms with Crippen molar-refractivity contribution in [3.05, 3.63) is 22.8 Å². The summed E-state index contributed by atoms with van der Waals surface area (Å²) in [7, 11) is 0. The van der Waals surface area contributed by atoms with Crippen LogP contribution in [0.25, 0.3) is 0 Å². The molecule has 1 aromatic heterocycles. The Bertz CT molecular complexity index is 374. The first-order valence-corrected chi connectivity index (χ1v) is 4.29. The highest BCUT2D eigenvalue weighted by molar-refractivity contribution is 6.29. The molecule has 2 N–H and O–H groups in total. The van der Waals surface area contributed by atoms with Crippen molar-refractivity contribution in [2.45, 2.75) is 6.43 Å². The second kappa shape index (κ2) is 4.88. The summed E-state index contributed by atoms with van der Waals surface area (Å²) >= 11 is 5.51. The van der Waals surface area contributed by atoms with Crippen LogP contribution in [0.15, 0.2) is 12.1 Å². The Morgan fingerprint density at radius 2 is 2.27 bits per heavy atom. The maximum Gasteiger partial charge on any atom is 0.335 e. The van der Waals surface area contributed by atoms with E-state index in [1.54, 1.807) is 0 Å². The minimum Gasteiger partial charge on any atom is -0.478 e. The molecular formula is C8H7ClF2N2O2. The van der Waals surface area contributed by atoms with Crippen molar-refractivity contribution in [1.29, 1.82) is 0 Å². The molecule has 0 aliphatic heterocycles. The summed E-state index contributed by atoms with van der Waals surface area (Å²) in [5.74, 6) is -1.18. The van der Waals surface area contributed by atoms with Crippen LogP contribution in [0.4, 0.5) is 14.6 Å². The minimum absolute atomic E-state index is 0.0141. The number of nitrogens with zero attached hydrogens (tertiary/aromatic N) is 1. The molecule has 0 saturated carbocycles. The fourth-order valence-electron chi connectivity index (χ4n) is 0.893. The SMILES string of the molecule is O=C(O)c1cc(Cl)nc(NCC(F)F)c1. The number of carboxylic acid groups (broad SMARTS) is 1. The summed E-state index contributed by atoms with van der Waals surface area (Å²) in [5.41, 5.74) is -0.105. The second-order valence-electron chi connectivity index (χ2n) is 2.64. The molecule has 0 radical (unpaired) electrons. The molecule has 15 heavy (non-hydrogen) atoms. The van der Waals surface area contributed by atoms with Gasteiger partial charge in [0, 0.05) is 0 Å². The van der Waals surface area contributed by atoms with Crippen molar-refractivity contribution in [1.82, 2.24) is 4.98 Å². The average Bonchev–Trinajstić information content (AvgIpc) is 2.13.